The molecule has 0 unspecified atom stereocenters. The van der Waals surface area contributed by atoms with Gasteiger partial charge in [-0.15, -0.1) is 0 Å². The summed E-state index contributed by atoms with van der Waals surface area (Å²) in [6.45, 7) is 2.65. The molecule has 2 heterocycles. The van der Waals surface area contributed by atoms with Gasteiger partial charge in [0.1, 0.15) is 0 Å². The van der Waals surface area contributed by atoms with Crippen molar-refractivity contribution in [3.8, 4) is 0 Å². The number of benzene rings is 1. The highest BCUT2D eigenvalue weighted by Crippen LogP contribution is 2.29. The van der Waals surface area contributed by atoms with Gasteiger partial charge in [-0.05, 0) is 55.5 Å². The molecule has 0 saturated heterocycles. The summed E-state index contributed by atoms with van der Waals surface area (Å²) < 4.78 is 26.7. The van der Waals surface area contributed by atoms with E-state index in [1.165, 1.54) is 25.3 Å². The van der Waals surface area contributed by atoms with Gasteiger partial charge < -0.3 is 4.90 Å². The number of aryl methyl sites for hydroxylation is 1. The van der Waals surface area contributed by atoms with Crippen molar-refractivity contribution in [1.82, 2.24) is 9.88 Å². The van der Waals surface area contributed by atoms with E-state index in [9.17, 15) is 13.6 Å². The Balaban J connectivity index is 1.61. The highest BCUT2D eigenvalue weighted by Gasteiger charge is 2.32. The van der Waals surface area contributed by atoms with Crippen LogP contribution < -0.4 is 0 Å². The third kappa shape index (κ3) is 3.60. The van der Waals surface area contributed by atoms with Crippen molar-refractivity contribution in [3.05, 3.63) is 64.0 Å². The highest BCUT2D eigenvalue weighted by molar-refractivity contribution is 5.96. The van der Waals surface area contributed by atoms with Crippen LogP contribution in [0.4, 0.5) is 8.78 Å². The van der Waals surface area contributed by atoms with Crippen LogP contribution in [-0.2, 0) is 12.8 Å². The van der Waals surface area contributed by atoms with E-state index < -0.39 is 11.6 Å². The quantitative estimate of drug-likeness (QED) is 0.792. The molecule has 1 fully saturated rings. The third-order valence-corrected chi connectivity index (χ3v) is 5.87. The molecule has 0 spiro atoms. The second-order valence-electron chi connectivity index (χ2n) is 7.69. The van der Waals surface area contributed by atoms with Crippen molar-refractivity contribution in [2.45, 2.75) is 57.9 Å². The van der Waals surface area contributed by atoms with Gasteiger partial charge in [0.25, 0.3) is 5.91 Å². The fourth-order valence-corrected chi connectivity index (χ4v) is 4.34. The number of amides is 1. The Morgan fingerprint density at radius 2 is 1.89 bits per heavy atom. The molecule has 2 aromatic rings. The van der Waals surface area contributed by atoms with Crippen LogP contribution in [0, 0.1) is 18.6 Å². The first-order valence-corrected chi connectivity index (χ1v) is 9.77. The predicted octanol–water partition coefficient (Wildman–Crippen LogP) is 4.59. The lowest BCUT2D eigenvalue weighted by Gasteiger charge is -2.37. The van der Waals surface area contributed by atoms with Crippen molar-refractivity contribution < 1.29 is 13.6 Å². The number of aromatic nitrogens is 1. The lowest BCUT2D eigenvalue weighted by molar-refractivity contribution is 0.0612. The maximum Gasteiger partial charge on any atom is 0.255 e. The van der Waals surface area contributed by atoms with Gasteiger partial charge in [-0.3, -0.25) is 9.78 Å². The van der Waals surface area contributed by atoms with E-state index in [2.05, 4.69) is 4.98 Å². The molecule has 142 valence electrons. The monoisotopic (exact) mass is 370 g/mol. The molecule has 0 atom stereocenters. The number of pyridine rings is 1. The average Bonchev–Trinajstić information content (AvgIpc) is 2.67. The minimum Gasteiger partial charge on any atom is -0.335 e. The summed E-state index contributed by atoms with van der Waals surface area (Å²) in [6.07, 6.45) is 7.02. The van der Waals surface area contributed by atoms with Crippen LogP contribution in [0.2, 0.25) is 0 Å². The van der Waals surface area contributed by atoms with Gasteiger partial charge in [0, 0.05) is 24.7 Å². The first-order chi connectivity index (χ1) is 13.0. The molecular weight excluding hydrogens is 346 g/mol. The van der Waals surface area contributed by atoms with E-state index in [-0.39, 0.29) is 5.91 Å². The molecule has 1 saturated carbocycles. The Morgan fingerprint density at radius 1 is 1.11 bits per heavy atom. The van der Waals surface area contributed by atoms with Gasteiger partial charge in [-0.2, -0.15) is 0 Å². The summed E-state index contributed by atoms with van der Waals surface area (Å²) in [5.74, 6) is -1.63. The molecule has 1 aromatic heterocycles. The molecule has 27 heavy (non-hydrogen) atoms. The largest absolute Gasteiger partial charge is 0.335 e. The fourth-order valence-electron chi connectivity index (χ4n) is 4.34. The maximum absolute atomic E-state index is 13.5. The number of halogens is 2. The second kappa shape index (κ2) is 7.37. The summed E-state index contributed by atoms with van der Waals surface area (Å²) in [6, 6.07) is 6.19. The summed E-state index contributed by atoms with van der Waals surface area (Å²) in [5.41, 5.74) is 3.94. The predicted molar refractivity (Wildman–Crippen MR) is 99.8 cm³/mol. The van der Waals surface area contributed by atoms with E-state index in [0.717, 1.165) is 48.8 Å². The molecular formula is C22H24F2N2O. The Morgan fingerprint density at radius 3 is 2.63 bits per heavy atom. The third-order valence-electron chi connectivity index (χ3n) is 5.87. The van der Waals surface area contributed by atoms with E-state index >= 15 is 0 Å². The van der Waals surface area contributed by atoms with Crippen molar-refractivity contribution >= 4 is 5.91 Å². The van der Waals surface area contributed by atoms with Crippen LogP contribution in [0.5, 0.6) is 0 Å². The Labute approximate surface area is 158 Å². The number of hydrogen-bond acceptors (Lipinski definition) is 2. The topological polar surface area (TPSA) is 33.2 Å². The van der Waals surface area contributed by atoms with Gasteiger partial charge in [0.05, 0.1) is 11.3 Å². The minimum atomic E-state index is -0.851. The average molecular weight is 370 g/mol. The summed E-state index contributed by atoms with van der Waals surface area (Å²) >= 11 is 0. The maximum atomic E-state index is 13.5. The zero-order valence-corrected chi connectivity index (χ0v) is 15.6. The van der Waals surface area contributed by atoms with Crippen molar-refractivity contribution in [3.63, 3.8) is 0 Å². The van der Waals surface area contributed by atoms with Gasteiger partial charge in [0.2, 0.25) is 0 Å². The van der Waals surface area contributed by atoms with E-state index in [0.29, 0.717) is 23.6 Å². The highest BCUT2D eigenvalue weighted by atomic mass is 19.2. The molecule has 1 aliphatic carbocycles. The number of nitrogens with zero attached hydrogens (tertiary/aromatic N) is 2. The molecule has 3 nitrogen and oxygen atoms in total. The van der Waals surface area contributed by atoms with Gasteiger partial charge in [0.15, 0.2) is 11.6 Å². The van der Waals surface area contributed by atoms with Crippen LogP contribution in [0.3, 0.4) is 0 Å². The first kappa shape index (κ1) is 18.1. The fraction of sp³-hybridized carbons (Fsp3) is 0.455. The second-order valence-corrected chi connectivity index (χ2v) is 7.69. The van der Waals surface area contributed by atoms with Crippen LogP contribution in [0.25, 0.3) is 0 Å². The summed E-state index contributed by atoms with van der Waals surface area (Å²) in [4.78, 5) is 19.8. The molecule has 5 heteroatoms. The number of carbonyl (C=O) groups is 1. The Bertz CT molecular complexity index is 875. The Kier molecular flexibility index (Phi) is 4.94. The molecule has 0 radical (unpaired) electrons. The zero-order chi connectivity index (χ0) is 19.0. The molecule has 1 aromatic carbocycles. The van der Waals surface area contributed by atoms with Crippen LogP contribution in [0.15, 0.2) is 24.3 Å². The SMILES string of the molecule is Cc1nc2c(cc1Cc1ccc(F)c(F)c1)C(=O)N(C1CCCCC1)CC2. The first-order valence-electron chi connectivity index (χ1n) is 9.77. The molecule has 1 aliphatic heterocycles. The number of fused-ring (bicyclic) bond motifs is 1. The molecule has 0 bridgehead atoms. The molecule has 0 N–H and O–H groups in total. The van der Waals surface area contributed by atoms with Gasteiger partial charge in [-0.1, -0.05) is 25.3 Å². The lowest BCUT2D eigenvalue weighted by Crippen LogP contribution is -2.45. The summed E-state index contributed by atoms with van der Waals surface area (Å²) in [7, 11) is 0. The van der Waals surface area contributed by atoms with E-state index in [4.69, 9.17) is 0 Å². The smallest absolute Gasteiger partial charge is 0.255 e. The summed E-state index contributed by atoms with van der Waals surface area (Å²) in [5, 5.41) is 0. The molecule has 4 rings (SSSR count). The number of carbonyl (C=O) groups excluding carboxylic acids is 1. The number of hydrogen-bond donors (Lipinski definition) is 0. The molecule has 2 aliphatic rings. The zero-order valence-electron chi connectivity index (χ0n) is 15.6. The van der Waals surface area contributed by atoms with Gasteiger partial charge in [-0.25, -0.2) is 8.78 Å². The van der Waals surface area contributed by atoms with Crippen LogP contribution in [0.1, 0.15) is 65.0 Å². The normalized spacial score (nSPS) is 17.9. The van der Waals surface area contributed by atoms with Crippen LogP contribution in [-0.4, -0.2) is 28.4 Å². The van der Waals surface area contributed by atoms with Crippen molar-refractivity contribution in [2.24, 2.45) is 0 Å². The van der Waals surface area contributed by atoms with E-state index in [1.54, 1.807) is 6.07 Å². The lowest BCUT2D eigenvalue weighted by atomic mass is 9.91. The van der Waals surface area contributed by atoms with Crippen molar-refractivity contribution in [1.29, 1.82) is 0 Å². The Hall–Kier alpha value is -2.30. The van der Waals surface area contributed by atoms with Gasteiger partial charge >= 0.3 is 0 Å². The molecule has 1 amide bonds. The minimum absolute atomic E-state index is 0.0715. The number of rotatable bonds is 3. The van der Waals surface area contributed by atoms with Crippen molar-refractivity contribution in [2.75, 3.05) is 6.54 Å². The van der Waals surface area contributed by atoms with Crippen LogP contribution >= 0.6 is 0 Å². The standard InChI is InChI=1S/C22H24F2N2O/c1-14-16(11-15-7-8-19(23)20(24)12-15)13-18-21(25-14)9-10-26(22(18)27)17-5-3-2-4-6-17/h7-8,12-13,17H,2-6,9-11H2,1H3. The van der Waals surface area contributed by atoms with E-state index in [1.807, 2.05) is 17.9 Å².